The third-order valence-electron chi connectivity index (χ3n) is 2.82. The zero-order valence-corrected chi connectivity index (χ0v) is 13.2. The van der Waals surface area contributed by atoms with Gasteiger partial charge in [-0.25, -0.2) is 4.79 Å². The maximum atomic E-state index is 11.6. The van der Waals surface area contributed by atoms with Gasteiger partial charge in [0.2, 0.25) is 0 Å². The quantitative estimate of drug-likeness (QED) is 0.476. The van der Waals surface area contributed by atoms with E-state index >= 15 is 0 Å². The van der Waals surface area contributed by atoms with Crippen molar-refractivity contribution in [2.75, 3.05) is 25.6 Å². The number of carbonyl (C=O) groups excluding carboxylic acids is 2. The average molecular weight is 302 g/mol. The fraction of sp³-hybridized carbons (Fsp3) is 0.294. The number of amides is 1. The van der Waals surface area contributed by atoms with Crippen molar-refractivity contribution < 1.29 is 14.3 Å². The lowest BCUT2D eigenvalue weighted by Gasteiger charge is -2.12. The van der Waals surface area contributed by atoms with Crippen LogP contribution in [0.25, 0.3) is 0 Å². The Bertz CT molecular complexity index is 546. The fourth-order valence-electron chi connectivity index (χ4n) is 1.59. The number of hydrogen-bond donors (Lipinski definition) is 1. The molecule has 118 valence electrons. The number of ether oxygens (including phenoxy) is 1. The summed E-state index contributed by atoms with van der Waals surface area (Å²) in [6.07, 6.45) is 6.33. The predicted octanol–water partition coefficient (Wildman–Crippen LogP) is 2.04. The molecule has 5 nitrogen and oxygen atoms in total. The highest BCUT2D eigenvalue weighted by molar-refractivity contribution is 5.85. The molecule has 1 aromatic carbocycles. The first-order valence-electron chi connectivity index (χ1n) is 7.02. The van der Waals surface area contributed by atoms with Gasteiger partial charge in [-0.05, 0) is 24.6 Å². The summed E-state index contributed by atoms with van der Waals surface area (Å²) in [4.78, 5) is 24.9. The van der Waals surface area contributed by atoms with Gasteiger partial charge in [-0.2, -0.15) is 0 Å². The number of carbonyl (C=O) groups is 2. The number of hydrogen-bond acceptors (Lipinski definition) is 4. The van der Waals surface area contributed by atoms with Crippen molar-refractivity contribution in [1.29, 1.82) is 0 Å². The van der Waals surface area contributed by atoms with E-state index in [1.54, 1.807) is 18.2 Å². The van der Waals surface area contributed by atoms with Gasteiger partial charge in [0.25, 0.3) is 5.91 Å². The lowest BCUT2D eigenvalue weighted by atomic mass is 10.2. The van der Waals surface area contributed by atoms with Gasteiger partial charge in [-0.3, -0.25) is 4.79 Å². The topological polar surface area (TPSA) is 58.6 Å². The second-order valence-corrected chi connectivity index (χ2v) is 4.83. The Hall–Kier alpha value is -2.56. The van der Waals surface area contributed by atoms with Crippen molar-refractivity contribution in [3.63, 3.8) is 0 Å². The van der Waals surface area contributed by atoms with Gasteiger partial charge in [0.1, 0.15) is 0 Å². The number of nitrogens with one attached hydrogen (secondary N) is 1. The molecule has 0 aliphatic heterocycles. The summed E-state index contributed by atoms with van der Waals surface area (Å²) in [6.45, 7) is 1.96. The van der Waals surface area contributed by atoms with Crippen LogP contribution in [-0.2, 0) is 20.9 Å². The van der Waals surface area contributed by atoms with Crippen molar-refractivity contribution in [2.24, 2.45) is 0 Å². The largest absolute Gasteiger partial charge is 0.452 e. The molecule has 0 bridgehead atoms. The lowest BCUT2D eigenvalue weighted by Crippen LogP contribution is -2.28. The van der Waals surface area contributed by atoms with Crippen molar-refractivity contribution >= 4 is 17.6 Å². The van der Waals surface area contributed by atoms with E-state index in [0.29, 0.717) is 6.54 Å². The van der Waals surface area contributed by atoms with Crippen LogP contribution in [-0.4, -0.2) is 32.6 Å². The summed E-state index contributed by atoms with van der Waals surface area (Å²) in [5.74, 6) is -0.868. The molecule has 0 heterocycles. The van der Waals surface area contributed by atoms with Gasteiger partial charge in [-0.1, -0.05) is 30.4 Å². The number of rotatable bonds is 7. The third-order valence-corrected chi connectivity index (χ3v) is 2.82. The molecule has 1 rings (SSSR count). The molecule has 5 heteroatoms. The highest BCUT2D eigenvalue weighted by Gasteiger charge is 2.05. The SMILES string of the molecule is C/C=C/C=C/C(=O)OCC(=O)NCc1ccc(N(C)C)cc1. The second-order valence-electron chi connectivity index (χ2n) is 4.83. The van der Waals surface area contributed by atoms with Gasteiger partial charge >= 0.3 is 5.97 Å². The molecule has 0 unspecified atom stereocenters. The molecule has 0 spiro atoms. The number of benzene rings is 1. The molecule has 0 atom stereocenters. The normalized spacial score (nSPS) is 10.9. The summed E-state index contributed by atoms with van der Waals surface area (Å²) in [5.41, 5.74) is 2.08. The molecule has 0 fully saturated rings. The van der Waals surface area contributed by atoms with E-state index < -0.39 is 5.97 Å². The van der Waals surface area contributed by atoms with Gasteiger partial charge < -0.3 is 15.0 Å². The minimum atomic E-state index is -0.538. The van der Waals surface area contributed by atoms with Crippen molar-refractivity contribution in [1.82, 2.24) is 5.32 Å². The van der Waals surface area contributed by atoms with Crippen molar-refractivity contribution in [2.45, 2.75) is 13.5 Å². The predicted molar refractivity (Wildman–Crippen MR) is 87.5 cm³/mol. The first-order chi connectivity index (χ1) is 10.5. The monoisotopic (exact) mass is 302 g/mol. The van der Waals surface area contributed by atoms with E-state index in [1.165, 1.54) is 6.08 Å². The minimum absolute atomic E-state index is 0.283. The summed E-state index contributed by atoms with van der Waals surface area (Å²) in [6, 6.07) is 7.85. The molecule has 1 amide bonds. The molecule has 1 N–H and O–H groups in total. The molecule has 0 aromatic heterocycles. The van der Waals surface area contributed by atoms with Gasteiger partial charge in [0.15, 0.2) is 6.61 Å². The first kappa shape index (κ1) is 17.5. The second kappa shape index (κ2) is 9.39. The summed E-state index contributed by atoms with van der Waals surface area (Å²) in [5, 5.41) is 2.70. The average Bonchev–Trinajstić information content (AvgIpc) is 2.51. The number of nitrogens with zero attached hydrogens (tertiary/aromatic N) is 1. The van der Waals surface area contributed by atoms with Crippen LogP contribution in [0.15, 0.2) is 48.6 Å². The van der Waals surface area contributed by atoms with E-state index in [-0.39, 0.29) is 12.5 Å². The van der Waals surface area contributed by atoms with E-state index in [0.717, 1.165) is 11.3 Å². The van der Waals surface area contributed by atoms with Gasteiger partial charge in [0, 0.05) is 32.4 Å². The van der Waals surface area contributed by atoms with E-state index in [9.17, 15) is 9.59 Å². The van der Waals surface area contributed by atoms with E-state index in [4.69, 9.17) is 4.74 Å². The molecule has 0 aliphatic carbocycles. The standard InChI is InChI=1S/C17H22N2O3/c1-4-5-6-7-17(21)22-13-16(20)18-12-14-8-10-15(11-9-14)19(2)3/h4-11H,12-13H2,1-3H3,(H,18,20)/b5-4+,7-6+. The van der Waals surface area contributed by atoms with Crippen LogP contribution in [0.3, 0.4) is 0 Å². The van der Waals surface area contributed by atoms with Crippen LogP contribution in [0.5, 0.6) is 0 Å². The Morgan fingerprint density at radius 1 is 1.18 bits per heavy atom. The Balaban J connectivity index is 2.32. The minimum Gasteiger partial charge on any atom is -0.452 e. The number of allylic oxidation sites excluding steroid dienone is 3. The highest BCUT2D eigenvalue weighted by Crippen LogP contribution is 2.11. The zero-order valence-electron chi connectivity index (χ0n) is 13.2. The van der Waals surface area contributed by atoms with Crippen LogP contribution < -0.4 is 10.2 Å². The maximum Gasteiger partial charge on any atom is 0.331 e. The number of esters is 1. The van der Waals surface area contributed by atoms with Crippen LogP contribution in [0.2, 0.25) is 0 Å². The Kier molecular flexibility index (Phi) is 7.47. The first-order valence-corrected chi connectivity index (χ1v) is 7.02. The molecule has 0 saturated carbocycles. The maximum absolute atomic E-state index is 11.6. The third kappa shape index (κ3) is 6.74. The Labute approximate surface area is 131 Å². The van der Waals surface area contributed by atoms with Crippen molar-refractivity contribution in [3.8, 4) is 0 Å². The molecular weight excluding hydrogens is 280 g/mol. The summed E-state index contributed by atoms with van der Waals surface area (Å²) < 4.78 is 4.81. The van der Waals surface area contributed by atoms with Gasteiger partial charge in [0.05, 0.1) is 0 Å². The molecule has 22 heavy (non-hydrogen) atoms. The van der Waals surface area contributed by atoms with E-state index in [1.807, 2.05) is 50.2 Å². The van der Waals surface area contributed by atoms with Crippen LogP contribution in [0, 0.1) is 0 Å². The fourth-order valence-corrected chi connectivity index (χ4v) is 1.59. The molecule has 0 saturated heterocycles. The molecule has 0 radical (unpaired) electrons. The van der Waals surface area contributed by atoms with Crippen molar-refractivity contribution in [3.05, 3.63) is 54.1 Å². The van der Waals surface area contributed by atoms with Crippen LogP contribution in [0.1, 0.15) is 12.5 Å². The smallest absolute Gasteiger partial charge is 0.331 e. The zero-order chi connectivity index (χ0) is 16.4. The molecular formula is C17H22N2O3. The van der Waals surface area contributed by atoms with E-state index in [2.05, 4.69) is 5.32 Å². The van der Waals surface area contributed by atoms with Gasteiger partial charge in [-0.15, -0.1) is 0 Å². The van der Waals surface area contributed by atoms with Crippen LogP contribution in [0.4, 0.5) is 5.69 Å². The lowest BCUT2D eigenvalue weighted by molar-refractivity contribution is -0.143. The highest BCUT2D eigenvalue weighted by atomic mass is 16.5. The summed E-state index contributed by atoms with van der Waals surface area (Å²) in [7, 11) is 3.94. The Morgan fingerprint density at radius 3 is 2.45 bits per heavy atom. The summed E-state index contributed by atoms with van der Waals surface area (Å²) >= 11 is 0. The molecule has 1 aromatic rings. The molecule has 0 aliphatic rings. The Morgan fingerprint density at radius 2 is 1.86 bits per heavy atom. The van der Waals surface area contributed by atoms with Crippen LogP contribution >= 0.6 is 0 Å². The number of anilines is 1.